The fourth-order valence-corrected chi connectivity index (χ4v) is 4.54. The fourth-order valence-electron chi connectivity index (χ4n) is 4.54. The Kier molecular flexibility index (Phi) is 7.21. The Hall–Kier alpha value is -2.03. The predicted molar refractivity (Wildman–Crippen MR) is 111 cm³/mol. The van der Waals surface area contributed by atoms with Crippen molar-refractivity contribution >= 4 is 5.91 Å². The number of carbonyl (C=O) groups excluding carboxylic acids is 1. The maximum atomic E-state index is 12.0. The first-order valence-corrected chi connectivity index (χ1v) is 10.2. The van der Waals surface area contributed by atoms with E-state index in [1.165, 1.54) is 0 Å². The molecule has 8 nitrogen and oxygen atoms in total. The van der Waals surface area contributed by atoms with Crippen LogP contribution in [0.1, 0.15) is 24.9 Å². The second-order valence-electron chi connectivity index (χ2n) is 7.95. The lowest BCUT2D eigenvalue weighted by molar-refractivity contribution is -0.127. The molecule has 1 amide bonds. The summed E-state index contributed by atoms with van der Waals surface area (Å²) in [4.78, 5) is 16.3. The highest BCUT2D eigenvalue weighted by molar-refractivity contribution is 5.78. The molecule has 2 fully saturated rings. The molecule has 1 aromatic carbocycles. The van der Waals surface area contributed by atoms with Gasteiger partial charge in [0, 0.05) is 45.1 Å². The number of nitrogens with one attached hydrogen (secondary N) is 2. The number of ether oxygens (including phenoxy) is 3. The van der Waals surface area contributed by atoms with Crippen LogP contribution in [0.25, 0.3) is 0 Å². The highest BCUT2D eigenvalue weighted by atomic mass is 16.5. The van der Waals surface area contributed by atoms with Crippen LogP contribution in [-0.4, -0.2) is 76.8 Å². The Morgan fingerprint density at radius 3 is 2.38 bits per heavy atom. The molecular weight excluding hydrogens is 372 g/mol. The van der Waals surface area contributed by atoms with E-state index in [0.29, 0.717) is 35.5 Å². The summed E-state index contributed by atoms with van der Waals surface area (Å²) in [6.45, 7) is 6.45. The Bertz CT molecular complexity index is 689. The molecule has 162 valence electrons. The molecule has 0 aliphatic carbocycles. The average molecular weight is 407 g/mol. The second kappa shape index (κ2) is 9.65. The minimum absolute atomic E-state index is 0.128. The van der Waals surface area contributed by atoms with Gasteiger partial charge in [-0.3, -0.25) is 10.2 Å². The number of nitrogens with zero attached hydrogens (tertiary/aromatic N) is 2. The molecule has 0 bridgehead atoms. The topological polar surface area (TPSA) is 75.3 Å². The van der Waals surface area contributed by atoms with Crippen molar-refractivity contribution in [2.45, 2.75) is 19.4 Å². The third-order valence-corrected chi connectivity index (χ3v) is 5.93. The molecule has 8 heteroatoms. The quantitative estimate of drug-likeness (QED) is 0.640. The maximum absolute atomic E-state index is 12.0. The zero-order valence-corrected chi connectivity index (χ0v) is 18.2. The molecule has 2 heterocycles. The van der Waals surface area contributed by atoms with Crippen molar-refractivity contribution < 1.29 is 19.0 Å². The largest absolute Gasteiger partial charge is 0.493 e. The Labute approximate surface area is 173 Å². The van der Waals surface area contributed by atoms with E-state index in [9.17, 15) is 4.79 Å². The number of hydrogen-bond donors (Lipinski definition) is 2. The SMILES string of the molecule is CCN1CC(CN(C)CC2CNNC2c2cc(OC)c(OC)c(OC)c2)CC1=O. The van der Waals surface area contributed by atoms with Gasteiger partial charge in [0.15, 0.2) is 11.5 Å². The van der Waals surface area contributed by atoms with Gasteiger partial charge in [-0.05, 0) is 37.6 Å². The van der Waals surface area contributed by atoms with Gasteiger partial charge in [0.05, 0.1) is 27.4 Å². The lowest BCUT2D eigenvalue weighted by Crippen LogP contribution is -2.34. The minimum Gasteiger partial charge on any atom is -0.493 e. The van der Waals surface area contributed by atoms with E-state index in [1.54, 1.807) is 21.3 Å². The smallest absolute Gasteiger partial charge is 0.222 e. The van der Waals surface area contributed by atoms with E-state index in [4.69, 9.17) is 14.2 Å². The molecule has 29 heavy (non-hydrogen) atoms. The zero-order chi connectivity index (χ0) is 21.0. The number of benzene rings is 1. The summed E-state index contributed by atoms with van der Waals surface area (Å²) in [5, 5.41) is 0. The third-order valence-electron chi connectivity index (χ3n) is 5.93. The first kappa shape index (κ1) is 21.7. The third kappa shape index (κ3) is 4.76. The normalized spacial score (nSPS) is 24.4. The monoisotopic (exact) mass is 406 g/mol. The fraction of sp³-hybridized carbons (Fsp3) is 0.667. The van der Waals surface area contributed by atoms with Crippen LogP contribution in [0.15, 0.2) is 12.1 Å². The maximum Gasteiger partial charge on any atom is 0.222 e. The van der Waals surface area contributed by atoms with E-state index in [1.807, 2.05) is 24.0 Å². The summed E-state index contributed by atoms with van der Waals surface area (Å²) in [5.74, 6) is 2.99. The van der Waals surface area contributed by atoms with Gasteiger partial charge in [-0.25, -0.2) is 5.43 Å². The summed E-state index contributed by atoms with van der Waals surface area (Å²) in [7, 11) is 7.02. The van der Waals surface area contributed by atoms with Gasteiger partial charge in [-0.2, -0.15) is 0 Å². The Balaban J connectivity index is 1.68. The van der Waals surface area contributed by atoms with Crippen molar-refractivity contribution in [3.05, 3.63) is 17.7 Å². The summed E-state index contributed by atoms with van der Waals surface area (Å²) < 4.78 is 16.5. The number of methoxy groups -OCH3 is 3. The highest BCUT2D eigenvalue weighted by Gasteiger charge is 2.33. The molecular formula is C21H34N4O4. The van der Waals surface area contributed by atoms with E-state index in [2.05, 4.69) is 22.8 Å². The van der Waals surface area contributed by atoms with Crippen molar-refractivity contribution in [2.75, 3.05) is 61.1 Å². The van der Waals surface area contributed by atoms with Crippen LogP contribution >= 0.6 is 0 Å². The van der Waals surface area contributed by atoms with Crippen molar-refractivity contribution in [1.82, 2.24) is 20.7 Å². The Morgan fingerprint density at radius 2 is 1.83 bits per heavy atom. The van der Waals surface area contributed by atoms with Crippen LogP contribution in [0.4, 0.5) is 0 Å². The summed E-state index contributed by atoms with van der Waals surface area (Å²) in [5.41, 5.74) is 7.78. The summed E-state index contributed by atoms with van der Waals surface area (Å²) in [6.07, 6.45) is 0.662. The Morgan fingerprint density at radius 1 is 1.14 bits per heavy atom. The standard InChI is InChI=1S/C21H34N4O4/c1-6-25-12-14(7-19(25)26)11-24(2)13-16-10-22-23-20(16)15-8-17(27-3)21(29-5)18(9-15)28-4/h8-9,14,16,20,22-23H,6-7,10-13H2,1-5H3. The zero-order valence-electron chi connectivity index (χ0n) is 18.2. The van der Waals surface area contributed by atoms with Crippen LogP contribution in [0, 0.1) is 11.8 Å². The van der Waals surface area contributed by atoms with E-state index >= 15 is 0 Å². The van der Waals surface area contributed by atoms with E-state index in [0.717, 1.165) is 38.3 Å². The van der Waals surface area contributed by atoms with Crippen molar-refractivity contribution in [1.29, 1.82) is 0 Å². The molecule has 2 saturated heterocycles. The molecule has 1 aromatic rings. The number of hydrazine groups is 1. The predicted octanol–water partition coefficient (Wildman–Crippen LogP) is 1.28. The van der Waals surface area contributed by atoms with Gasteiger partial charge in [-0.1, -0.05) is 0 Å². The highest BCUT2D eigenvalue weighted by Crippen LogP contribution is 2.41. The molecule has 3 unspecified atom stereocenters. The average Bonchev–Trinajstić information content (AvgIpc) is 3.32. The van der Waals surface area contributed by atoms with E-state index < -0.39 is 0 Å². The molecule has 0 radical (unpaired) electrons. The van der Waals surface area contributed by atoms with Crippen LogP contribution in [0.5, 0.6) is 17.2 Å². The number of hydrogen-bond acceptors (Lipinski definition) is 7. The van der Waals surface area contributed by atoms with Crippen molar-refractivity contribution in [3.63, 3.8) is 0 Å². The van der Waals surface area contributed by atoms with Gasteiger partial charge < -0.3 is 24.0 Å². The number of likely N-dealkylation sites (tertiary alicyclic amines) is 1. The van der Waals surface area contributed by atoms with Crippen LogP contribution in [0.2, 0.25) is 0 Å². The molecule has 2 N–H and O–H groups in total. The lowest BCUT2D eigenvalue weighted by Gasteiger charge is -2.27. The molecule has 2 aliphatic rings. The summed E-state index contributed by atoms with van der Waals surface area (Å²) >= 11 is 0. The van der Waals surface area contributed by atoms with Gasteiger partial charge in [0.25, 0.3) is 0 Å². The molecule has 0 spiro atoms. The van der Waals surface area contributed by atoms with Gasteiger partial charge >= 0.3 is 0 Å². The molecule has 3 rings (SSSR count). The first-order valence-electron chi connectivity index (χ1n) is 10.2. The molecule has 0 saturated carbocycles. The minimum atomic E-state index is 0.128. The van der Waals surface area contributed by atoms with E-state index in [-0.39, 0.29) is 11.9 Å². The number of rotatable bonds is 9. The summed E-state index contributed by atoms with van der Waals surface area (Å²) in [6, 6.07) is 4.14. The molecule has 0 aromatic heterocycles. The van der Waals surface area contributed by atoms with Crippen LogP contribution in [-0.2, 0) is 4.79 Å². The van der Waals surface area contributed by atoms with Gasteiger partial charge in [0.2, 0.25) is 11.7 Å². The molecule has 3 atom stereocenters. The lowest BCUT2D eigenvalue weighted by atomic mass is 9.93. The van der Waals surface area contributed by atoms with Crippen molar-refractivity contribution in [2.24, 2.45) is 11.8 Å². The van der Waals surface area contributed by atoms with Gasteiger partial charge in [-0.15, -0.1) is 0 Å². The number of amides is 1. The number of carbonyl (C=O) groups is 1. The van der Waals surface area contributed by atoms with Crippen LogP contribution < -0.4 is 25.1 Å². The van der Waals surface area contributed by atoms with Crippen LogP contribution in [0.3, 0.4) is 0 Å². The first-order chi connectivity index (χ1) is 14.0. The van der Waals surface area contributed by atoms with Crippen molar-refractivity contribution in [3.8, 4) is 17.2 Å². The second-order valence-corrected chi connectivity index (χ2v) is 7.95. The molecule has 2 aliphatic heterocycles. The van der Waals surface area contributed by atoms with Gasteiger partial charge in [0.1, 0.15) is 0 Å².